The monoisotopic (exact) mass is 365 g/mol. The van der Waals surface area contributed by atoms with E-state index in [1.807, 2.05) is 61.5 Å². The minimum atomic E-state index is -0.668. The number of aryl methyl sites for hydroxylation is 1. The van der Waals surface area contributed by atoms with E-state index in [9.17, 15) is 4.79 Å². The van der Waals surface area contributed by atoms with Crippen LogP contribution in [0.15, 0.2) is 54.6 Å². The third kappa shape index (κ3) is 4.31. The average molecular weight is 365 g/mol. The zero-order valence-electron chi connectivity index (χ0n) is 15.9. The molecule has 0 unspecified atom stereocenters. The summed E-state index contributed by atoms with van der Waals surface area (Å²) in [5, 5.41) is 4.93. The molecule has 5 nitrogen and oxygen atoms in total. The molecule has 27 heavy (non-hydrogen) atoms. The number of carbonyl (C=O) groups is 1. The largest absolute Gasteiger partial charge is 0.497 e. The zero-order chi connectivity index (χ0) is 19.4. The number of benzene rings is 3. The standard InChI is InChI=1S/C22H23NO4/c1-14-5-10-21(26-4)20(11-14)23-22(24)15(2)27-19-9-7-16-6-8-18(25-3)12-17(16)13-19/h5-13,15H,1-4H3,(H,23,24)/t15-/m0/s1. The van der Waals surface area contributed by atoms with Crippen molar-refractivity contribution in [2.75, 3.05) is 19.5 Å². The highest BCUT2D eigenvalue weighted by Crippen LogP contribution is 2.27. The second kappa shape index (κ2) is 7.99. The lowest BCUT2D eigenvalue weighted by Crippen LogP contribution is -2.30. The van der Waals surface area contributed by atoms with E-state index in [1.54, 1.807) is 21.1 Å². The molecular formula is C22H23NO4. The van der Waals surface area contributed by atoms with Gasteiger partial charge in [-0.1, -0.05) is 18.2 Å². The van der Waals surface area contributed by atoms with Crippen LogP contribution in [0.5, 0.6) is 17.2 Å². The molecule has 3 aromatic carbocycles. The van der Waals surface area contributed by atoms with Crippen molar-refractivity contribution in [2.24, 2.45) is 0 Å². The predicted octanol–water partition coefficient (Wildman–Crippen LogP) is 4.57. The molecule has 0 aliphatic rings. The first-order chi connectivity index (χ1) is 13.0. The van der Waals surface area contributed by atoms with Gasteiger partial charge < -0.3 is 19.5 Å². The molecule has 3 aromatic rings. The Labute approximate surface area is 158 Å². The van der Waals surface area contributed by atoms with Gasteiger partial charge in [-0.3, -0.25) is 4.79 Å². The van der Waals surface area contributed by atoms with Gasteiger partial charge in [-0.25, -0.2) is 0 Å². The molecule has 1 atom stereocenters. The van der Waals surface area contributed by atoms with E-state index in [1.165, 1.54) is 0 Å². The van der Waals surface area contributed by atoms with E-state index in [-0.39, 0.29) is 5.91 Å². The lowest BCUT2D eigenvalue weighted by molar-refractivity contribution is -0.122. The number of fused-ring (bicyclic) bond motifs is 1. The van der Waals surface area contributed by atoms with Crippen LogP contribution in [-0.2, 0) is 4.79 Å². The van der Waals surface area contributed by atoms with Gasteiger partial charge in [0, 0.05) is 0 Å². The molecule has 0 spiro atoms. The van der Waals surface area contributed by atoms with Crippen molar-refractivity contribution in [2.45, 2.75) is 20.0 Å². The minimum Gasteiger partial charge on any atom is -0.497 e. The Morgan fingerprint density at radius 3 is 2.30 bits per heavy atom. The van der Waals surface area contributed by atoms with Crippen molar-refractivity contribution in [1.82, 2.24) is 0 Å². The van der Waals surface area contributed by atoms with E-state index < -0.39 is 6.10 Å². The van der Waals surface area contributed by atoms with Crippen molar-refractivity contribution in [3.05, 3.63) is 60.2 Å². The highest BCUT2D eigenvalue weighted by molar-refractivity contribution is 5.95. The molecule has 1 N–H and O–H groups in total. The van der Waals surface area contributed by atoms with Gasteiger partial charge in [0.05, 0.1) is 19.9 Å². The molecule has 0 aromatic heterocycles. The summed E-state index contributed by atoms with van der Waals surface area (Å²) in [5.41, 5.74) is 1.66. The Bertz CT molecular complexity index is 968. The van der Waals surface area contributed by atoms with Crippen LogP contribution in [0.4, 0.5) is 5.69 Å². The third-order valence-electron chi connectivity index (χ3n) is 4.31. The van der Waals surface area contributed by atoms with Gasteiger partial charge in [0.25, 0.3) is 5.91 Å². The molecule has 3 rings (SSSR count). The topological polar surface area (TPSA) is 56.8 Å². The number of rotatable bonds is 6. The lowest BCUT2D eigenvalue weighted by atomic mass is 10.1. The number of hydrogen-bond donors (Lipinski definition) is 1. The number of nitrogens with one attached hydrogen (secondary N) is 1. The van der Waals surface area contributed by atoms with Gasteiger partial charge in [0.2, 0.25) is 0 Å². The summed E-state index contributed by atoms with van der Waals surface area (Å²) in [6, 6.07) is 17.2. The van der Waals surface area contributed by atoms with Crippen LogP contribution in [0.25, 0.3) is 10.8 Å². The third-order valence-corrected chi connectivity index (χ3v) is 4.31. The zero-order valence-corrected chi connectivity index (χ0v) is 15.9. The summed E-state index contributed by atoms with van der Waals surface area (Å²) >= 11 is 0. The maximum atomic E-state index is 12.5. The van der Waals surface area contributed by atoms with E-state index in [4.69, 9.17) is 14.2 Å². The van der Waals surface area contributed by atoms with E-state index >= 15 is 0 Å². The summed E-state index contributed by atoms with van der Waals surface area (Å²) in [6.07, 6.45) is -0.668. The van der Waals surface area contributed by atoms with E-state index in [2.05, 4.69) is 5.32 Å². The number of methoxy groups -OCH3 is 2. The van der Waals surface area contributed by atoms with Crippen molar-refractivity contribution < 1.29 is 19.0 Å². The van der Waals surface area contributed by atoms with Crippen molar-refractivity contribution >= 4 is 22.4 Å². The number of carbonyl (C=O) groups excluding carboxylic acids is 1. The number of amides is 1. The van der Waals surface area contributed by atoms with Gasteiger partial charge in [-0.05, 0) is 66.6 Å². The summed E-state index contributed by atoms with van der Waals surface area (Å²) in [5.74, 6) is 1.76. The van der Waals surface area contributed by atoms with Gasteiger partial charge in [-0.2, -0.15) is 0 Å². The summed E-state index contributed by atoms with van der Waals surface area (Å²) in [6.45, 7) is 3.67. The normalized spacial score (nSPS) is 11.7. The van der Waals surface area contributed by atoms with Crippen LogP contribution in [0.1, 0.15) is 12.5 Å². The number of anilines is 1. The molecule has 0 aliphatic heterocycles. The minimum absolute atomic E-state index is 0.246. The molecule has 140 valence electrons. The quantitative estimate of drug-likeness (QED) is 0.695. The molecule has 0 saturated carbocycles. The molecule has 5 heteroatoms. The van der Waals surface area contributed by atoms with Crippen molar-refractivity contribution in [1.29, 1.82) is 0 Å². The highest BCUT2D eigenvalue weighted by atomic mass is 16.5. The number of hydrogen-bond acceptors (Lipinski definition) is 4. The second-order valence-electron chi connectivity index (χ2n) is 6.33. The molecule has 0 radical (unpaired) electrons. The maximum absolute atomic E-state index is 12.5. The maximum Gasteiger partial charge on any atom is 0.265 e. The van der Waals surface area contributed by atoms with Gasteiger partial charge in [0.15, 0.2) is 6.10 Å². The number of ether oxygens (including phenoxy) is 3. The van der Waals surface area contributed by atoms with Crippen LogP contribution >= 0.6 is 0 Å². The van der Waals surface area contributed by atoms with Gasteiger partial charge in [-0.15, -0.1) is 0 Å². The second-order valence-corrected chi connectivity index (χ2v) is 6.33. The fraction of sp³-hybridized carbons (Fsp3) is 0.227. The SMILES string of the molecule is COc1ccc2ccc(O[C@@H](C)C(=O)Nc3cc(C)ccc3OC)cc2c1. The highest BCUT2D eigenvalue weighted by Gasteiger charge is 2.17. The van der Waals surface area contributed by atoms with Crippen molar-refractivity contribution in [3.63, 3.8) is 0 Å². The van der Waals surface area contributed by atoms with Gasteiger partial charge in [0.1, 0.15) is 17.2 Å². The molecule has 0 aliphatic carbocycles. The molecule has 0 heterocycles. The Hall–Kier alpha value is -3.21. The van der Waals surface area contributed by atoms with Crippen LogP contribution in [0.3, 0.4) is 0 Å². The summed E-state index contributed by atoms with van der Waals surface area (Å²) in [4.78, 5) is 12.5. The molecular weight excluding hydrogens is 342 g/mol. The lowest BCUT2D eigenvalue weighted by Gasteiger charge is -2.17. The molecule has 1 amide bonds. The smallest absolute Gasteiger partial charge is 0.265 e. The van der Waals surface area contributed by atoms with Crippen LogP contribution in [0, 0.1) is 6.92 Å². The Morgan fingerprint density at radius 1 is 0.889 bits per heavy atom. The van der Waals surface area contributed by atoms with Gasteiger partial charge >= 0.3 is 0 Å². The van der Waals surface area contributed by atoms with Crippen LogP contribution in [-0.4, -0.2) is 26.2 Å². The average Bonchev–Trinajstić information content (AvgIpc) is 2.67. The van der Waals surface area contributed by atoms with Crippen LogP contribution in [0.2, 0.25) is 0 Å². The first kappa shape index (κ1) is 18.6. The molecule has 0 fully saturated rings. The Morgan fingerprint density at radius 2 is 1.59 bits per heavy atom. The fourth-order valence-electron chi connectivity index (χ4n) is 2.81. The van der Waals surface area contributed by atoms with E-state index in [0.29, 0.717) is 17.2 Å². The first-order valence-electron chi connectivity index (χ1n) is 8.70. The summed E-state index contributed by atoms with van der Waals surface area (Å²) in [7, 11) is 3.21. The predicted molar refractivity (Wildman–Crippen MR) is 107 cm³/mol. The Kier molecular flexibility index (Phi) is 5.50. The fourth-order valence-corrected chi connectivity index (χ4v) is 2.81. The van der Waals surface area contributed by atoms with Crippen molar-refractivity contribution in [3.8, 4) is 17.2 Å². The van der Waals surface area contributed by atoms with Crippen LogP contribution < -0.4 is 19.5 Å². The first-order valence-corrected chi connectivity index (χ1v) is 8.70. The molecule has 0 saturated heterocycles. The van der Waals surface area contributed by atoms with E-state index in [0.717, 1.165) is 22.1 Å². The summed E-state index contributed by atoms with van der Waals surface area (Å²) < 4.78 is 16.4. The molecule has 0 bridgehead atoms. The Balaban J connectivity index is 1.74.